The van der Waals surface area contributed by atoms with Crippen molar-refractivity contribution in [2.24, 2.45) is 11.3 Å². The molecule has 130 valence electrons. The van der Waals surface area contributed by atoms with Gasteiger partial charge in [0.25, 0.3) is 0 Å². The van der Waals surface area contributed by atoms with Crippen molar-refractivity contribution in [3.8, 4) is 5.75 Å². The summed E-state index contributed by atoms with van der Waals surface area (Å²) < 4.78 is 18.5. The van der Waals surface area contributed by atoms with Crippen LogP contribution >= 0.6 is 0 Å². The number of nitrogens with one attached hydrogen (secondary N) is 2. The zero-order valence-corrected chi connectivity index (χ0v) is 14.9. The lowest BCUT2D eigenvalue weighted by Crippen LogP contribution is -2.14. The fraction of sp³-hybridized carbons (Fsp3) is 0.400. The van der Waals surface area contributed by atoms with Gasteiger partial charge in [-0.15, -0.1) is 0 Å². The monoisotopic (exact) mass is 330 g/mol. The third kappa shape index (κ3) is 5.53. The summed E-state index contributed by atoms with van der Waals surface area (Å²) in [5, 5.41) is 0. The molecule has 1 aliphatic carbocycles. The van der Waals surface area contributed by atoms with Crippen LogP contribution in [0.15, 0.2) is 48.5 Å². The first-order valence-corrected chi connectivity index (χ1v) is 8.29. The Morgan fingerprint density at radius 1 is 1.17 bits per heavy atom. The average Bonchev–Trinajstić information content (AvgIpc) is 3.16. The third-order valence-corrected chi connectivity index (χ3v) is 4.34. The van der Waals surface area contributed by atoms with Gasteiger partial charge in [-0.05, 0) is 60.6 Å². The van der Waals surface area contributed by atoms with E-state index in [0.717, 1.165) is 23.6 Å². The van der Waals surface area contributed by atoms with Gasteiger partial charge in [0.15, 0.2) is 0 Å². The molecule has 24 heavy (non-hydrogen) atoms. The molecular formula is C20H27FN2O. The summed E-state index contributed by atoms with van der Waals surface area (Å²) in [6, 6.07) is 14.6. The summed E-state index contributed by atoms with van der Waals surface area (Å²) in [5.41, 5.74) is 8.18. The van der Waals surface area contributed by atoms with Crippen LogP contribution in [0.4, 0.5) is 10.1 Å². The van der Waals surface area contributed by atoms with Crippen LogP contribution in [0.2, 0.25) is 0 Å². The molecule has 0 aromatic heterocycles. The van der Waals surface area contributed by atoms with Gasteiger partial charge < -0.3 is 10.2 Å². The van der Waals surface area contributed by atoms with Crippen molar-refractivity contribution in [1.29, 1.82) is 0 Å². The van der Waals surface area contributed by atoms with Gasteiger partial charge in [0.1, 0.15) is 11.6 Å². The van der Waals surface area contributed by atoms with Crippen molar-refractivity contribution < 1.29 is 9.13 Å². The van der Waals surface area contributed by atoms with Crippen molar-refractivity contribution in [3.63, 3.8) is 0 Å². The molecule has 1 atom stereocenters. The summed E-state index contributed by atoms with van der Waals surface area (Å²) >= 11 is 0. The second-order valence-corrected chi connectivity index (χ2v) is 6.85. The van der Waals surface area contributed by atoms with E-state index < -0.39 is 0 Å². The molecular weight excluding hydrogens is 303 g/mol. The van der Waals surface area contributed by atoms with E-state index in [2.05, 4.69) is 24.7 Å². The third-order valence-electron chi connectivity index (χ3n) is 4.34. The summed E-state index contributed by atoms with van der Waals surface area (Å²) in [6.07, 6.45) is 1.23. The van der Waals surface area contributed by atoms with Crippen LogP contribution in [0, 0.1) is 24.1 Å². The molecule has 1 fully saturated rings. The first-order chi connectivity index (χ1) is 11.4. The highest BCUT2D eigenvalue weighted by Gasteiger charge is 2.45. The largest absolute Gasteiger partial charge is 0.493 e. The summed E-state index contributed by atoms with van der Waals surface area (Å²) in [5.74, 6) is 1.26. The van der Waals surface area contributed by atoms with Gasteiger partial charge in [-0.3, -0.25) is 0 Å². The van der Waals surface area contributed by atoms with E-state index >= 15 is 0 Å². The van der Waals surface area contributed by atoms with Crippen LogP contribution in [-0.4, -0.2) is 13.7 Å². The summed E-state index contributed by atoms with van der Waals surface area (Å²) in [4.78, 5) is 0. The Balaban J connectivity index is 0.000000198. The predicted molar refractivity (Wildman–Crippen MR) is 97.6 cm³/mol. The van der Waals surface area contributed by atoms with E-state index in [1.54, 1.807) is 6.07 Å². The first kappa shape index (κ1) is 18.3. The maximum Gasteiger partial charge on any atom is 0.123 e. The molecule has 3 rings (SSSR count). The SMILES string of the molecule is CNNc1ccccc1.Cc1cc(F)ccc1OCC1CC1(C)C. The van der Waals surface area contributed by atoms with Gasteiger partial charge in [0.2, 0.25) is 0 Å². The number of para-hydroxylation sites is 1. The molecule has 0 spiro atoms. The van der Waals surface area contributed by atoms with Crippen molar-refractivity contribution in [2.45, 2.75) is 27.2 Å². The van der Waals surface area contributed by atoms with E-state index in [0.29, 0.717) is 11.3 Å². The molecule has 0 heterocycles. The molecule has 0 saturated heterocycles. The van der Waals surface area contributed by atoms with E-state index in [4.69, 9.17) is 4.74 Å². The van der Waals surface area contributed by atoms with Gasteiger partial charge in [0, 0.05) is 12.7 Å². The van der Waals surface area contributed by atoms with E-state index in [9.17, 15) is 4.39 Å². The number of hydrogen-bond donors (Lipinski definition) is 2. The minimum absolute atomic E-state index is 0.202. The van der Waals surface area contributed by atoms with Crippen molar-refractivity contribution in [1.82, 2.24) is 5.43 Å². The number of aryl methyl sites for hydroxylation is 1. The molecule has 2 N–H and O–H groups in total. The Bertz CT molecular complexity index is 643. The smallest absolute Gasteiger partial charge is 0.123 e. The minimum Gasteiger partial charge on any atom is -0.493 e. The highest BCUT2D eigenvalue weighted by atomic mass is 19.1. The molecule has 3 nitrogen and oxygen atoms in total. The molecule has 0 bridgehead atoms. The number of hydrazine groups is 1. The molecule has 1 unspecified atom stereocenters. The quantitative estimate of drug-likeness (QED) is 0.773. The van der Waals surface area contributed by atoms with Crippen molar-refractivity contribution in [2.75, 3.05) is 19.1 Å². The van der Waals surface area contributed by atoms with E-state index in [-0.39, 0.29) is 5.82 Å². The van der Waals surface area contributed by atoms with Crippen molar-refractivity contribution in [3.05, 3.63) is 59.9 Å². The van der Waals surface area contributed by atoms with Gasteiger partial charge in [0.05, 0.1) is 6.61 Å². The lowest BCUT2D eigenvalue weighted by molar-refractivity contribution is 0.277. The summed E-state index contributed by atoms with van der Waals surface area (Å²) in [6.45, 7) is 7.12. The Morgan fingerprint density at radius 3 is 2.38 bits per heavy atom. The van der Waals surface area contributed by atoms with Gasteiger partial charge >= 0.3 is 0 Å². The Hall–Kier alpha value is -2.07. The van der Waals surface area contributed by atoms with Crippen LogP contribution < -0.4 is 15.6 Å². The average molecular weight is 330 g/mol. The maximum atomic E-state index is 12.8. The number of benzene rings is 2. The Labute approximate surface area is 144 Å². The van der Waals surface area contributed by atoms with Crippen LogP contribution in [-0.2, 0) is 0 Å². The molecule has 0 radical (unpaired) electrons. The molecule has 1 aliphatic rings. The van der Waals surface area contributed by atoms with Gasteiger partial charge in [-0.25, -0.2) is 9.82 Å². The standard InChI is InChI=1S/C13H17FO.C7H10N2/c1-9-6-11(14)4-5-12(9)15-8-10-7-13(10,2)3;1-8-9-7-5-3-2-4-6-7/h4-6,10H,7-8H2,1-3H3;2-6,8-9H,1H3. The lowest BCUT2D eigenvalue weighted by atomic mass is 10.1. The number of ether oxygens (including phenoxy) is 1. The van der Waals surface area contributed by atoms with E-state index in [1.807, 2.05) is 44.3 Å². The molecule has 0 amide bonds. The molecule has 2 aromatic carbocycles. The maximum absolute atomic E-state index is 12.8. The fourth-order valence-electron chi connectivity index (χ4n) is 2.49. The first-order valence-electron chi connectivity index (χ1n) is 8.29. The number of halogens is 1. The number of rotatable bonds is 5. The molecule has 1 saturated carbocycles. The lowest BCUT2D eigenvalue weighted by Gasteiger charge is -2.09. The molecule has 4 heteroatoms. The van der Waals surface area contributed by atoms with Gasteiger partial charge in [-0.1, -0.05) is 32.0 Å². The normalized spacial score (nSPS) is 17.5. The van der Waals surface area contributed by atoms with Crippen LogP contribution in [0.5, 0.6) is 5.75 Å². The zero-order chi connectivity index (χ0) is 17.6. The van der Waals surface area contributed by atoms with Crippen LogP contribution in [0.3, 0.4) is 0 Å². The highest BCUT2D eigenvalue weighted by Crippen LogP contribution is 2.51. The zero-order valence-electron chi connectivity index (χ0n) is 14.9. The topological polar surface area (TPSA) is 33.3 Å². The fourth-order valence-corrected chi connectivity index (χ4v) is 2.49. The van der Waals surface area contributed by atoms with Crippen LogP contribution in [0.1, 0.15) is 25.8 Å². The second kappa shape index (κ2) is 8.15. The van der Waals surface area contributed by atoms with Gasteiger partial charge in [-0.2, -0.15) is 0 Å². The highest BCUT2D eigenvalue weighted by molar-refractivity contribution is 5.41. The second-order valence-electron chi connectivity index (χ2n) is 6.85. The van der Waals surface area contributed by atoms with Crippen LogP contribution in [0.25, 0.3) is 0 Å². The Kier molecular flexibility index (Phi) is 6.21. The van der Waals surface area contributed by atoms with Crippen molar-refractivity contribution >= 4 is 5.69 Å². The number of anilines is 1. The predicted octanol–water partition coefficient (Wildman–Crippen LogP) is 4.79. The molecule has 2 aromatic rings. The Morgan fingerprint density at radius 2 is 1.83 bits per heavy atom. The number of hydrogen-bond acceptors (Lipinski definition) is 3. The summed E-state index contributed by atoms with van der Waals surface area (Å²) in [7, 11) is 1.84. The minimum atomic E-state index is -0.202. The van der Waals surface area contributed by atoms with E-state index in [1.165, 1.54) is 18.6 Å². The molecule has 0 aliphatic heterocycles.